The summed E-state index contributed by atoms with van der Waals surface area (Å²) in [6.45, 7) is 4.04. The average molecular weight is 301 g/mol. The number of carbonyl (C=O) groups is 1. The first-order chi connectivity index (χ1) is 10.3. The molecule has 1 aromatic heterocycles. The quantitative estimate of drug-likeness (QED) is 0.868. The molecule has 1 aromatic carbocycles. The van der Waals surface area contributed by atoms with Gasteiger partial charge in [-0.3, -0.25) is 4.79 Å². The second kappa shape index (κ2) is 6.41. The van der Waals surface area contributed by atoms with Gasteiger partial charge >= 0.3 is 0 Å². The van der Waals surface area contributed by atoms with Crippen molar-refractivity contribution in [1.29, 1.82) is 0 Å². The maximum atomic E-state index is 12.4. The van der Waals surface area contributed by atoms with E-state index in [1.807, 2.05) is 22.4 Å². The van der Waals surface area contributed by atoms with Crippen molar-refractivity contribution in [1.82, 2.24) is 4.90 Å². The highest BCUT2D eigenvalue weighted by atomic mass is 32.1. The number of morpholine rings is 1. The van der Waals surface area contributed by atoms with Crippen LogP contribution in [0.25, 0.3) is 0 Å². The van der Waals surface area contributed by atoms with Gasteiger partial charge in [-0.2, -0.15) is 0 Å². The van der Waals surface area contributed by atoms with E-state index in [4.69, 9.17) is 4.74 Å². The minimum absolute atomic E-state index is 0.0198. The molecular formula is C17H19NO2S. The number of ether oxygens (including phenoxy) is 1. The van der Waals surface area contributed by atoms with Crippen LogP contribution in [0.4, 0.5) is 0 Å². The smallest absolute Gasteiger partial charge is 0.264 e. The summed E-state index contributed by atoms with van der Waals surface area (Å²) in [6, 6.07) is 12.3. The van der Waals surface area contributed by atoms with E-state index in [1.54, 1.807) is 0 Å². The summed E-state index contributed by atoms with van der Waals surface area (Å²) < 4.78 is 5.84. The molecule has 1 fully saturated rings. The molecule has 0 bridgehead atoms. The first-order valence-corrected chi connectivity index (χ1v) is 8.19. The Balaban J connectivity index is 1.71. The molecule has 1 aliphatic rings. The van der Waals surface area contributed by atoms with E-state index in [1.165, 1.54) is 16.9 Å². The molecule has 0 N–H and O–H groups in total. The summed E-state index contributed by atoms with van der Waals surface area (Å²) in [6.07, 6.45) is 1.02. The van der Waals surface area contributed by atoms with Crippen molar-refractivity contribution >= 4 is 17.2 Å². The van der Waals surface area contributed by atoms with Crippen molar-refractivity contribution in [2.45, 2.75) is 19.4 Å². The van der Waals surface area contributed by atoms with Crippen LogP contribution in [-0.4, -0.2) is 30.5 Å². The third-order valence-electron chi connectivity index (χ3n) is 3.85. The monoisotopic (exact) mass is 301 g/mol. The molecule has 1 amide bonds. The van der Waals surface area contributed by atoms with Crippen molar-refractivity contribution in [3.05, 3.63) is 57.8 Å². The fraction of sp³-hybridized carbons (Fsp3) is 0.353. The molecule has 0 aliphatic carbocycles. The summed E-state index contributed by atoms with van der Waals surface area (Å²) in [5.74, 6) is 0.114. The molecule has 4 heteroatoms. The largest absolute Gasteiger partial charge is 0.370 e. The highest BCUT2D eigenvalue weighted by Crippen LogP contribution is 2.24. The lowest BCUT2D eigenvalue weighted by atomic mass is 10.0. The fourth-order valence-corrected chi connectivity index (χ4v) is 3.25. The van der Waals surface area contributed by atoms with Crippen molar-refractivity contribution in [3.8, 4) is 0 Å². The molecule has 0 saturated carbocycles. The summed E-state index contributed by atoms with van der Waals surface area (Å²) in [4.78, 5) is 15.1. The molecule has 1 unspecified atom stereocenters. The summed E-state index contributed by atoms with van der Waals surface area (Å²) in [5, 5.41) is 1.94. The first kappa shape index (κ1) is 14.3. The number of benzene rings is 1. The van der Waals surface area contributed by atoms with Gasteiger partial charge in [0.05, 0.1) is 18.0 Å². The standard InChI is InChI=1S/C17H19NO2S/c1-2-13-5-7-14(8-6-13)15-12-18(9-10-20-15)17(19)16-4-3-11-21-16/h3-8,11,15H,2,9-10,12H2,1H3. The van der Waals surface area contributed by atoms with Gasteiger partial charge in [-0.15, -0.1) is 11.3 Å². The van der Waals surface area contributed by atoms with Crippen LogP contribution in [0.5, 0.6) is 0 Å². The third-order valence-corrected chi connectivity index (χ3v) is 4.70. The van der Waals surface area contributed by atoms with Crippen molar-refractivity contribution in [2.75, 3.05) is 19.7 Å². The topological polar surface area (TPSA) is 29.5 Å². The minimum atomic E-state index is -0.0198. The molecule has 0 radical (unpaired) electrons. The maximum absolute atomic E-state index is 12.4. The molecule has 1 atom stereocenters. The normalized spacial score (nSPS) is 18.7. The second-order valence-corrected chi connectivity index (χ2v) is 6.13. The first-order valence-electron chi connectivity index (χ1n) is 7.31. The summed E-state index contributed by atoms with van der Waals surface area (Å²) in [5.41, 5.74) is 2.47. The lowest BCUT2D eigenvalue weighted by Gasteiger charge is -2.33. The van der Waals surface area contributed by atoms with Crippen molar-refractivity contribution in [2.24, 2.45) is 0 Å². The van der Waals surface area contributed by atoms with Gasteiger partial charge in [0.15, 0.2) is 0 Å². The molecule has 2 aromatic rings. The third kappa shape index (κ3) is 3.17. The van der Waals surface area contributed by atoms with Gasteiger partial charge in [0.25, 0.3) is 5.91 Å². The molecule has 1 aliphatic heterocycles. The van der Waals surface area contributed by atoms with Gasteiger partial charge in [0, 0.05) is 6.54 Å². The predicted octanol–water partition coefficient (Wildman–Crippen LogP) is 3.52. The number of hydrogen-bond donors (Lipinski definition) is 0. The average Bonchev–Trinajstić information content (AvgIpc) is 3.09. The van der Waals surface area contributed by atoms with Gasteiger partial charge in [-0.25, -0.2) is 0 Å². The zero-order valence-corrected chi connectivity index (χ0v) is 12.9. The molecule has 110 valence electrons. The van der Waals surface area contributed by atoms with E-state index >= 15 is 0 Å². The Bertz CT molecular complexity index is 592. The second-order valence-electron chi connectivity index (χ2n) is 5.18. The molecule has 2 heterocycles. The summed E-state index contributed by atoms with van der Waals surface area (Å²) >= 11 is 1.49. The zero-order chi connectivity index (χ0) is 14.7. The van der Waals surface area contributed by atoms with E-state index in [2.05, 4.69) is 31.2 Å². The van der Waals surface area contributed by atoms with E-state index in [0.29, 0.717) is 19.7 Å². The Morgan fingerprint density at radius 2 is 2.14 bits per heavy atom. The van der Waals surface area contributed by atoms with Crippen LogP contribution < -0.4 is 0 Å². The number of rotatable bonds is 3. The SMILES string of the molecule is CCc1ccc(C2CN(C(=O)c3cccs3)CCO2)cc1. The van der Waals surface area contributed by atoms with Gasteiger partial charge < -0.3 is 9.64 Å². The maximum Gasteiger partial charge on any atom is 0.264 e. The van der Waals surface area contributed by atoms with Gasteiger partial charge in [-0.1, -0.05) is 37.3 Å². The van der Waals surface area contributed by atoms with Crippen LogP contribution in [0, 0.1) is 0 Å². The molecule has 21 heavy (non-hydrogen) atoms. The van der Waals surface area contributed by atoms with E-state index in [9.17, 15) is 4.79 Å². The molecule has 3 rings (SSSR count). The van der Waals surface area contributed by atoms with E-state index in [-0.39, 0.29) is 12.0 Å². The van der Waals surface area contributed by atoms with Crippen molar-refractivity contribution in [3.63, 3.8) is 0 Å². The predicted molar refractivity (Wildman–Crippen MR) is 84.7 cm³/mol. The van der Waals surface area contributed by atoms with Crippen molar-refractivity contribution < 1.29 is 9.53 Å². The van der Waals surface area contributed by atoms with E-state index < -0.39 is 0 Å². The molecular weight excluding hydrogens is 282 g/mol. The lowest BCUT2D eigenvalue weighted by molar-refractivity contribution is -0.0226. The van der Waals surface area contributed by atoms with Crippen LogP contribution in [0.3, 0.4) is 0 Å². The van der Waals surface area contributed by atoms with Gasteiger partial charge in [-0.05, 0) is 29.0 Å². The molecule has 0 spiro atoms. The van der Waals surface area contributed by atoms with Crippen LogP contribution in [0.2, 0.25) is 0 Å². The minimum Gasteiger partial charge on any atom is -0.370 e. The van der Waals surface area contributed by atoms with Crippen LogP contribution in [0.15, 0.2) is 41.8 Å². The lowest BCUT2D eigenvalue weighted by Crippen LogP contribution is -2.42. The number of hydrogen-bond acceptors (Lipinski definition) is 3. The highest BCUT2D eigenvalue weighted by molar-refractivity contribution is 7.12. The zero-order valence-electron chi connectivity index (χ0n) is 12.1. The fourth-order valence-electron chi connectivity index (χ4n) is 2.56. The number of amides is 1. The number of thiophene rings is 1. The molecule has 3 nitrogen and oxygen atoms in total. The molecule has 1 saturated heterocycles. The Morgan fingerprint density at radius 1 is 1.33 bits per heavy atom. The Kier molecular flexibility index (Phi) is 4.36. The summed E-state index contributed by atoms with van der Waals surface area (Å²) in [7, 11) is 0. The highest BCUT2D eigenvalue weighted by Gasteiger charge is 2.26. The Morgan fingerprint density at radius 3 is 2.81 bits per heavy atom. The number of aryl methyl sites for hydroxylation is 1. The number of carbonyl (C=O) groups excluding carboxylic acids is 1. The number of nitrogens with zero attached hydrogens (tertiary/aromatic N) is 1. The van der Waals surface area contributed by atoms with Crippen LogP contribution in [-0.2, 0) is 11.2 Å². The van der Waals surface area contributed by atoms with E-state index in [0.717, 1.165) is 16.9 Å². The Labute approximate surface area is 129 Å². The van der Waals surface area contributed by atoms with Crippen LogP contribution >= 0.6 is 11.3 Å². The Hall–Kier alpha value is -1.65. The van der Waals surface area contributed by atoms with Gasteiger partial charge in [0.1, 0.15) is 6.10 Å². The van der Waals surface area contributed by atoms with Gasteiger partial charge in [0.2, 0.25) is 0 Å². The van der Waals surface area contributed by atoms with Crippen LogP contribution in [0.1, 0.15) is 33.8 Å².